The summed E-state index contributed by atoms with van der Waals surface area (Å²) in [5, 5.41) is 8.89. The molecule has 0 bridgehead atoms. The predicted octanol–water partition coefficient (Wildman–Crippen LogP) is -0.0305. The lowest BCUT2D eigenvalue weighted by Crippen LogP contribution is -2.32. The third kappa shape index (κ3) is 1.99. The number of hydrogen-bond acceptors (Lipinski definition) is 5. The Hall–Kier alpha value is -1.43. The average molecular weight is 212 g/mol. The van der Waals surface area contributed by atoms with Crippen molar-refractivity contribution >= 4 is 11.6 Å². The minimum atomic E-state index is -1.51. The van der Waals surface area contributed by atoms with Crippen LogP contribution in [0.1, 0.15) is 6.42 Å². The summed E-state index contributed by atoms with van der Waals surface area (Å²) in [6.07, 6.45) is 1.66. The number of aliphatic hydroxyl groups excluding tert-OH is 1. The van der Waals surface area contributed by atoms with E-state index in [1.165, 1.54) is 6.33 Å². The van der Waals surface area contributed by atoms with Gasteiger partial charge in [0, 0.05) is 19.0 Å². The number of alkyl halides is 1. The Morgan fingerprint density at radius 2 is 2.40 bits per heavy atom. The Morgan fingerprint density at radius 1 is 1.60 bits per heavy atom. The highest BCUT2D eigenvalue weighted by Gasteiger charge is 2.38. The maximum atomic E-state index is 13.7. The van der Waals surface area contributed by atoms with Crippen molar-refractivity contribution in [1.29, 1.82) is 0 Å². The van der Waals surface area contributed by atoms with Gasteiger partial charge in [0.2, 0.25) is 0 Å². The van der Waals surface area contributed by atoms with Gasteiger partial charge in [-0.2, -0.15) is 0 Å². The highest BCUT2D eigenvalue weighted by atomic mass is 19.1. The minimum absolute atomic E-state index is 0.153. The van der Waals surface area contributed by atoms with E-state index in [4.69, 9.17) is 10.8 Å². The van der Waals surface area contributed by atoms with Crippen LogP contribution in [0.3, 0.4) is 0 Å². The zero-order chi connectivity index (χ0) is 10.9. The lowest BCUT2D eigenvalue weighted by Gasteiger charge is -2.19. The van der Waals surface area contributed by atoms with Crippen LogP contribution in [0.2, 0.25) is 0 Å². The van der Waals surface area contributed by atoms with Crippen LogP contribution in [-0.2, 0) is 0 Å². The van der Waals surface area contributed by atoms with E-state index in [9.17, 15) is 4.39 Å². The monoisotopic (exact) mass is 212 g/mol. The Bertz CT molecular complexity index is 362. The normalized spacial score (nSPS) is 25.9. The summed E-state index contributed by atoms with van der Waals surface area (Å²) >= 11 is 0. The Kier molecular flexibility index (Phi) is 2.44. The summed E-state index contributed by atoms with van der Waals surface area (Å²) < 4.78 is 13.7. The summed E-state index contributed by atoms with van der Waals surface area (Å²) in [7, 11) is 0. The number of halogens is 1. The third-order valence-corrected chi connectivity index (χ3v) is 2.59. The zero-order valence-electron chi connectivity index (χ0n) is 8.23. The van der Waals surface area contributed by atoms with E-state index in [0.717, 1.165) is 0 Å². The van der Waals surface area contributed by atoms with Gasteiger partial charge in [-0.25, -0.2) is 14.4 Å². The van der Waals surface area contributed by atoms with Gasteiger partial charge in [-0.1, -0.05) is 0 Å². The van der Waals surface area contributed by atoms with Crippen molar-refractivity contribution in [3.05, 3.63) is 12.4 Å². The van der Waals surface area contributed by atoms with Crippen LogP contribution in [-0.4, -0.2) is 40.4 Å². The molecule has 1 aliphatic heterocycles. The summed E-state index contributed by atoms with van der Waals surface area (Å²) in [5.41, 5.74) is 3.99. The fourth-order valence-electron chi connectivity index (χ4n) is 1.69. The van der Waals surface area contributed by atoms with Gasteiger partial charge in [0.1, 0.15) is 18.0 Å². The van der Waals surface area contributed by atoms with E-state index in [-0.39, 0.29) is 6.54 Å². The van der Waals surface area contributed by atoms with Crippen molar-refractivity contribution in [2.45, 2.75) is 12.1 Å². The highest BCUT2D eigenvalue weighted by Crippen LogP contribution is 2.28. The molecule has 82 valence electrons. The van der Waals surface area contributed by atoms with Crippen LogP contribution in [0.15, 0.2) is 12.4 Å². The molecule has 1 atom stereocenters. The molecule has 1 fully saturated rings. The second kappa shape index (κ2) is 3.62. The van der Waals surface area contributed by atoms with Gasteiger partial charge in [0.25, 0.3) is 0 Å². The second-order valence-electron chi connectivity index (χ2n) is 3.78. The lowest BCUT2D eigenvalue weighted by atomic mass is 10.1. The molecule has 0 saturated carbocycles. The first-order valence-electron chi connectivity index (χ1n) is 4.75. The van der Waals surface area contributed by atoms with Gasteiger partial charge < -0.3 is 15.7 Å². The van der Waals surface area contributed by atoms with Gasteiger partial charge in [-0.3, -0.25) is 0 Å². The fourth-order valence-corrected chi connectivity index (χ4v) is 1.69. The smallest absolute Gasteiger partial charge is 0.152 e. The van der Waals surface area contributed by atoms with Crippen LogP contribution in [0.4, 0.5) is 16.0 Å². The van der Waals surface area contributed by atoms with E-state index in [1.54, 1.807) is 11.0 Å². The van der Waals surface area contributed by atoms with Gasteiger partial charge in [-0.05, 0) is 0 Å². The molecule has 1 aromatic rings. The van der Waals surface area contributed by atoms with E-state index in [1.807, 2.05) is 0 Å². The molecule has 1 saturated heterocycles. The molecule has 0 radical (unpaired) electrons. The number of nitrogen functional groups attached to an aromatic ring is 1. The maximum absolute atomic E-state index is 13.7. The molecule has 0 spiro atoms. The zero-order valence-corrected chi connectivity index (χ0v) is 8.23. The van der Waals surface area contributed by atoms with Crippen molar-refractivity contribution < 1.29 is 9.50 Å². The van der Waals surface area contributed by atoms with E-state index >= 15 is 0 Å². The molecule has 1 aromatic heterocycles. The number of aliphatic hydroxyl groups is 1. The number of anilines is 2. The van der Waals surface area contributed by atoms with Crippen molar-refractivity contribution in [2.75, 3.05) is 30.3 Å². The summed E-state index contributed by atoms with van der Waals surface area (Å²) in [4.78, 5) is 9.53. The van der Waals surface area contributed by atoms with E-state index in [0.29, 0.717) is 24.6 Å². The second-order valence-corrected chi connectivity index (χ2v) is 3.78. The molecule has 1 unspecified atom stereocenters. The Morgan fingerprint density at radius 3 is 3.00 bits per heavy atom. The SMILES string of the molecule is Nc1cc(N2CCC(F)(CO)C2)ncn1. The largest absolute Gasteiger partial charge is 0.393 e. The van der Waals surface area contributed by atoms with Crippen molar-refractivity contribution in [2.24, 2.45) is 0 Å². The van der Waals surface area contributed by atoms with Crippen LogP contribution in [0, 0.1) is 0 Å². The predicted molar refractivity (Wildman–Crippen MR) is 54.2 cm³/mol. The topological polar surface area (TPSA) is 75.3 Å². The van der Waals surface area contributed by atoms with Crippen molar-refractivity contribution in [1.82, 2.24) is 9.97 Å². The first kappa shape index (κ1) is 10.1. The fraction of sp³-hybridized carbons (Fsp3) is 0.556. The molecule has 0 aromatic carbocycles. The molecule has 5 nitrogen and oxygen atoms in total. The molecular weight excluding hydrogens is 199 g/mol. The molecule has 3 N–H and O–H groups in total. The molecule has 2 rings (SSSR count). The third-order valence-electron chi connectivity index (χ3n) is 2.59. The quantitative estimate of drug-likeness (QED) is 0.720. The molecule has 15 heavy (non-hydrogen) atoms. The Labute approximate surface area is 86.7 Å². The van der Waals surface area contributed by atoms with Crippen LogP contribution in [0.25, 0.3) is 0 Å². The molecule has 6 heteroatoms. The summed E-state index contributed by atoms with van der Waals surface area (Å²) in [6, 6.07) is 1.60. The van der Waals surface area contributed by atoms with Gasteiger partial charge >= 0.3 is 0 Å². The number of nitrogens with zero attached hydrogens (tertiary/aromatic N) is 3. The molecule has 1 aliphatic rings. The van der Waals surface area contributed by atoms with E-state index in [2.05, 4.69) is 9.97 Å². The average Bonchev–Trinajstić information content (AvgIpc) is 2.62. The van der Waals surface area contributed by atoms with Crippen LogP contribution >= 0.6 is 0 Å². The molecule has 0 aliphatic carbocycles. The number of nitrogens with two attached hydrogens (primary N) is 1. The van der Waals surface area contributed by atoms with Crippen molar-refractivity contribution in [3.8, 4) is 0 Å². The van der Waals surface area contributed by atoms with E-state index < -0.39 is 12.3 Å². The highest BCUT2D eigenvalue weighted by molar-refractivity contribution is 5.47. The molecule has 2 heterocycles. The molecular formula is C9H13FN4O. The summed E-state index contributed by atoms with van der Waals surface area (Å²) in [6.45, 7) is 0.234. The number of aromatic nitrogens is 2. The van der Waals surface area contributed by atoms with Crippen molar-refractivity contribution in [3.63, 3.8) is 0 Å². The van der Waals surface area contributed by atoms with Gasteiger partial charge in [-0.15, -0.1) is 0 Å². The van der Waals surface area contributed by atoms with Gasteiger partial charge in [0.05, 0.1) is 13.2 Å². The Balaban J connectivity index is 2.14. The van der Waals surface area contributed by atoms with Crippen LogP contribution < -0.4 is 10.6 Å². The molecule has 0 amide bonds. The number of rotatable bonds is 2. The maximum Gasteiger partial charge on any atom is 0.152 e. The number of hydrogen-bond donors (Lipinski definition) is 2. The summed E-state index contributed by atoms with van der Waals surface area (Å²) in [5.74, 6) is 0.968. The first-order chi connectivity index (χ1) is 7.13. The minimum Gasteiger partial charge on any atom is -0.393 e. The van der Waals surface area contributed by atoms with Crippen LogP contribution in [0.5, 0.6) is 0 Å². The standard InChI is InChI=1S/C9H13FN4O/c10-9(5-15)1-2-14(4-9)8-3-7(11)12-6-13-8/h3,6,15H,1-2,4-5H2,(H2,11,12,13). The first-order valence-corrected chi connectivity index (χ1v) is 4.75. The lowest BCUT2D eigenvalue weighted by molar-refractivity contribution is 0.0909. The van der Waals surface area contributed by atoms with Gasteiger partial charge in [0.15, 0.2) is 5.67 Å².